The molecule has 0 N–H and O–H groups in total. The molecule has 0 saturated carbocycles. The van der Waals surface area contributed by atoms with Crippen LogP contribution >= 0.6 is 11.3 Å². The fourth-order valence-electron chi connectivity index (χ4n) is 1.20. The van der Waals surface area contributed by atoms with Crippen LogP contribution in [0, 0.1) is 0 Å². The Hall–Kier alpha value is -1.49. The monoisotopic (exact) mass is 176 g/mol. The van der Waals surface area contributed by atoms with Crippen LogP contribution in [-0.4, -0.2) is 19.6 Å². The van der Waals surface area contributed by atoms with Gasteiger partial charge in [0.1, 0.15) is 12.7 Å². The molecule has 0 bridgehead atoms. The summed E-state index contributed by atoms with van der Waals surface area (Å²) in [5.41, 5.74) is 1.86. The summed E-state index contributed by atoms with van der Waals surface area (Å²) in [5.74, 6) is 0. The first-order chi connectivity index (χ1) is 5.95. The van der Waals surface area contributed by atoms with Crippen LogP contribution < -0.4 is 0 Å². The normalized spacial score (nSPS) is 11.3. The minimum Gasteiger partial charge on any atom is -0.235 e. The number of hydrogen-bond donors (Lipinski definition) is 0. The Kier molecular flexibility index (Phi) is 1.02. The summed E-state index contributed by atoms with van der Waals surface area (Å²) < 4.78 is 1.68. The Bertz CT molecular complexity index is 489. The highest BCUT2D eigenvalue weighted by atomic mass is 32.1. The van der Waals surface area contributed by atoms with Crippen LogP contribution in [0.4, 0.5) is 0 Å². The van der Waals surface area contributed by atoms with E-state index in [1.165, 1.54) is 6.33 Å². The van der Waals surface area contributed by atoms with E-state index >= 15 is 0 Å². The van der Waals surface area contributed by atoms with Gasteiger partial charge < -0.3 is 0 Å². The first kappa shape index (κ1) is 6.07. The van der Waals surface area contributed by atoms with Crippen LogP contribution in [0.3, 0.4) is 0 Å². The predicted molar refractivity (Wildman–Crippen MR) is 46.2 cm³/mol. The number of aromatic nitrogens is 4. The van der Waals surface area contributed by atoms with Crippen LogP contribution in [0.2, 0.25) is 0 Å². The molecular weight excluding hydrogens is 172 g/mol. The lowest BCUT2D eigenvalue weighted by atomic mass is 10.4. The maximum atomic E-state index is 4.21. The van der Waals surface area contributed by atoms with Gasteiger partial charge in [-0.05, 0) is 0 Å². The molecule has 0 unspecified atom stereocenters. The fraction of sp³-hybridized carbons (Fsp3) is 0. The highest BCUT2D eigenvalue weighted by Crippen LogP contribution is 2.19. The van der Waals surface area contributed by atoms with E-state index in [1.807, 2.05) is 10.8 Å². The van der Waals surface area contributed by atoms with Crippen molar-refractivity contribution in [3.8, 4) is 0 Å². The van der Waals surface area contributed by atoms with E-state index in [4.69, 9.17) is 0 Å². The highest BCUT2D eigenvalue weighted by molar-refractivity contribution is 7.09. The molecule has 0 saturated heterocycles. The molecule has 12 heavy (non-hydrogen) atoms. The van der Waals surface area contributed by atoms with Crippen molar-refractivity contribution in [3.05, 3.63) is 23.4 Å². The summed E-state index contributed by atoms with van der Waals surface area (Å²) in [4.78, 5) is 8.35. The SMILES string of the molecule is c1nc2c3cscc3ncn2n1. The topological polar surface area (TPSA) is 43.1 Å². The van der Waals surface area contributed by atoms with Crippen molar-refractivity contribution in [1.29, 1.82) is 0 Å². The molecule has 5 heteroatoms. The summed E-state index contributed by atoms with van der Waals surface area (Å²) >= 11 is 1.63. The third kappa shape index (κ3) is 0.634. The summed E-state index contributed by atoms with van der Waals surface area (Å²) in [6.07, 6.45) is 3.21. The zero-order chi connectivity index (χ0) is 7.97. The van der Waals surface area contributed by atoms with Gasteiger partial charge in [-0.2, -0.15) is 5.10 Å². The van der Waals surface area contributed by atoms with Crippen molar-refractivity contribution < 1.29 is 0 Å². The van der Waals surface area contributed by atoms with Crippen molar-refractivity contribution in [1.82, 2.24) is 19.6 Å². The number of fused-ring (bicyclic) bond motifs is 3. The first-order valence-electron chi connectivity index (χ1n) is 3.45. The molecule has 0 fully saturated rings. The summed E-state index contributed by atoms with van der Waals surface area (Å²) in [5, 5.41) is 9.10. The molecule has 0 aromatic carbocycles. The quantitative estimate of drug-likeness (QED) is 0.519. The fourth-order valence-corrected chi connectivity index (χ4v) is 1.95. The number of hydrogen-bond acceptors (Lipinski definition) is 4. The molecule has 4 nitrogen and oxygen atoms in total. The average molecular weight is 176 g/mol. The van der Waals surface area contributed by atoms with E-state index < -0.39 is 0 Å². The third-order valence-electron chi connectivity index (χ3n) is 1.76. The minimum atomic E-state index is 0.876. The smallest absolute Gasteiger partial charge is 0.167 e. The lowest BCUT2D eigenvalue weighted by Gasteiger charge is -1.90. The van der Waals surface area contributed by atoms with E-state index in [1.54, 1.807) is 22.2 Å². The number of rotatable bonds is 0. The molecule has 3 heterocycles. The van der Waals surface area contributed by atoms with Crippen LogP contribution in [0.15, 0.2) is 23.4 Å². The standard InChI is InChI=1S/C7H4N4S/c1-5-6(2-12-1)9-4-11-7(5)8-3-10-11/h1-4H. The molecule has 3 rings (SSSR count). The molecule has 0 aliphatic carbocycles. The molecule has 3 aromatic rings. The Morgan fingerprint density at radius 2 is 2.25 bits per heavy atom. The van der Waals surface area contributed by atoms with E-state index in [9.17, 15) is 0 Å². The summed E-state index contributed by atoms with van der Waals surface area (Å²) in [6.45, 7) is 0. The van der Waals surface area contributed by atoms with E-state index in [2.05, 4.69) is 15.1 Å². The Labute approximate surface area is 71.5 Å². The van der Waals surface area contributed by atoms with Gasteiger partial charge in [0.2, 0.25) is 0 Å². The first-order valence-corrected chi connectivity index (χ1v) is 4.40. The van der Waals surface area contributed by atoms with Gasteiger partial charge >= 0.3 is 0 Å². The average Bonchev–Trinajstić information content (AvgIpc) is 2.71. The van der Waals surface area contributed by atoms with E-state index in [0.717, 1.165) is 16.6 Å². The second-order valence-electron chi connectivity index (χ2n) is 2.44. The molecule has 0 amide bonds. The zero-order valence-corrected chi connectivity index (χ0v) is 6.82. The minimum absolute atomic E-state index is 0.876. The van der Waals surface area contributed by atoms with Gasteiger partial charge in [-0.15, -0.1) is 11.3 Å². The van der Waals surface area contributed by atoms with Gasteiger partial charge in [-0.25, -0.2) is 14.5 Å². The summed E-state index contributed by atoms with van der Waals surface area (Å²) in [6, 6.07) is 0. The molecule has 0 aliphatic heterocycles. The van der Waals surface area contributed by atoms with Gasteiger partial charge in [0.05, 0.1) is 10.9 Å². The second kappa shape index (κ2) is 2.01. The zero-order valence-electron chi connectivity index (χ0n) is 6.01. The molecular formula is C7H4N4S. The highest BCUT2D eigenvalue weighted by Gasteiger charge is 2.02. The molecule has 0 aliphatic rings. The number of nitrogens with zero attached hydrogens (tertiary/aromatic N) is 4. The lowest BCUT2D eigenvalue weighted by Crippen LogP contribution is -1.88. The lowest BCUT2D eigenvalue weighted by molar-refractivity contribution is 0.935. The maximum Gasteiger partial charge on any atom is 0.167 e. The van der Waals surface area contributed by atoms with Crippen molar-refractivity contribution >= 4 is 27.9 Å². The van der Waals surface area contributed by atoms with Crippen molar-refractivity contribution in [3.63, 3.8) is 0 Å². The van der Waals surface area contributed by atoms with Crippen LogP contribution in [0.25, 0.3) is 16.6 Å². The Morgan fingerprint density at radius 1 is 1.25 bits per heavy atom. The van der Waals surface area contributed by atoms with Crippen LogP contribution in [0.5, 0.6) is 0 Å². The van der Waals surface area contributed by atoms with Gasteiger partial charge in [0.25, 0.3) is 0 Å². The third-order valence-corrected chi connectivity index (χ3v) is 2.49. The van der Waals surface area contributed by atoms with Crippen LogP contribution in [0.1, 0.15) is 0 Å². The maximum absolute atomic E-state index is 4.21. The predicted octanol–water partition coefficient (Wildman–Crippen LogP) is 1.34. The van der Waals surface area contributed by atoms with E-state index in [-0.39, 0.29) is 0 Å². The second-order valence-corrected chi connectivity index (χ2v) is 3.19. The molecule has 0 atom stereocenters. The Morgan fingerprint density at radius 3 is 3.25 bits per heavy atom. The summed E-state index contributed by atoms with van der Waals surface area (Å²) in [7, 11) is 0. The molecule has 3 aromatic heterocycles. The van der Waals surface area contributed by atoms with Crippen molar-refractivity contribution in [2.24, 2.45) is 0 Å². The van der Waals surface area contributed by atoms with Crippen molar-refractivity contribution in [2.75, 3.05) is 0 Å². The van der Waals surface area contributed by atoms with Gasteiger partial charge in [-0.1, -0.05) is 0 Å². The molecule has 0 radical (unpaired) electrons. The van der Waals surface area contributed by atoms with Gasteiger partial charge in [0, 0.05) is 10.8 Å². The van der Waals surface area contributed by atoms with Crippen LogP contribution in [-0.2, 0) is 0 Å². The Balaban J connectivity index is 2.71. The van der Waals surface area contributed by atoms with Crippen molar-refractivity contribution in [2.45, 2.75) is 0 Å². The van der Waals surface area contributed by atoms with Gasteiger partial charge in [0.15, 0.2) is 5.65 Å². The molecule has 58 valence electrons. The van der Waals surface area contributed by atoms with Gasteiger partial charge in [-0.3, -0.25) is 0 Å². The molecule has 0 spiro atoms. The largest absolute Gasteiger partial charge is 0.235 e. The number of thiophene rings is 1. The van der Waals surface area contributed by atoms with E-state index in [0.29, 0.717) is 0 Å².